The smallest absolute Gasteiger partial charge is 0.243 e. The molecule has 0 saturated heterocycles. The molecule has 0 aromatic heterocycles. The van der Waals surface area contributed by atoms with Crippen LogP contribution in [0.5, 0.6) is 0 Å². The highest BCUT2D eigenvalue weighted by Crippen LogP contribution is 2.22. The van der Waals surface area contributed by atoms with Crippen LogP contribution in [-0.2, 0) is 16.6 Å². The Morgan fingerprint density at radius 3 is 2.63 bits per heavy atom. The van der Waals surface area contributed by atoms with Crippen molar-refractivity contribution >= 4 is 10.0 Å². The SMILES string of the molecule is CNCc1ccc(F)c(S(=O)(=O)NC2CCCC2)c1. The molecule has 0 radical (unpaired) electrons. The Hall–Kier alpha value is -0.980. The summed E-state index contributed by atoms with van der Waals surface area (Å²) in [5.41, 5.74) is 0.746. The maximum atomic E-state index is 13.7. The molecule has 19 heavy (non-hydrogen) atoms. The first kappa shape index (κ1) is 14.4. The molecule has 0 aliphatic heterocycles. The van der Waals surface area contributed by atoms with E-state index in [0.29, 0.717) is 6.54 Å². The van der Waals surface area contributed by atoms with Crippen LogP contribution < -0.4 is 10.0 Å². The van der Waals surface area contributed by atoms with Crippen LogP contribution in [0.1, 0.15) is 31.2 Å². The van der Waals surface area contributed by atoms with Crippen LogP contribution in [0.3, 0.4) is 0 Å². The predicted molar refractivity (Wildman–Crippen MR) is 71.7 cm³/mol. The summed E-state index contributed by atoms with van der Waals surface area (Å²) < 4.78 is 40.7. The molecule has 2 rings (SSSR count). The fourth-order valence-electron chi connectivity index (χ4n) is 2.39. The molecule has 1 aliphatic carbocycles. The first-order valence-electron chi connectivity index (χ1n) is 6.48. The monoisotopic (exact) mass is 286 g/mol. The van der Waals surface area contributed by atoms with E-state index < -0.39 is 15.8 Å². The molecular weight excluding hydrogens is 267 g/mol. The zero-order valence-electron chi connectivity index (χ0n) is 10.9. The molecule has 6 heteroatoms. The van der Waals surface area contributed by atoms with E-state index in [1.165, 1.54) is 12.1 Å². The number of benzene rings is 1. The Morgan fingerprint density at radius 1 is 1.32 bits per heavy atom. The van der Waals surface area contributed by atoms with Crippen LogP contribution in [0.15, 0.2) is 23.1 Å². The van der Waals surface area contributed by atoms with Gasteiger partial charge in [-0.1, -0.05) is 18.9 Å². The molecule has 0 spiro atoms. The quantitative estimate of drug-likeness (QED) is 0.867. The number of nitrogens with one attached hydrogen (secondary N) is 2. The average molecular weight is 286 g/mol. The summed E-state index contributed by atoms with van der Waals surface area (Å²) in [7, 11) is -2.01. The van der Waals surface area contributed by atoms with Crippen molar-refractivity contribution in [3.8, 4) is 0 Å². The van der Waals surface area contributed by atoms with Crippen LogP contribution >= 0.6 is 0 Å². The summed E-state index contributed by atoms with van der Waals surface area (Å²) in [6.45, 7) is 0.506. The van der Waals surface area contributed by atoms with Gasteiger partial charge in [-0.25, -0.2) is 17.5 Å². The van der Waals surface area contributed by atoms with E-state index in [0.717, 1.165) is 31.2 Å². The minimum atomic E-state index is -3.77. The summed E-state index contributed by atoms with van der Waals surface area (Å²) >= 11 is 0. The van der Waals surface area contributed by atoms with E-state index in [9.17, 15) is 12.8 Å². The molecule has 1 aromatic rings. The van der Waals surface area contributed by atoms with Gasteiger partial charge in [0, 0.05) is 12.6 Å². The highest BCUT2D eigenvalue weighted by Gasteiger charge is 2.25. The molecule has 0 atom stereocenters. The molecule has 1 fully saturated rings. The zero-order valence-corrected chi connectivity index (χ0v) is 11.8. The Kier molecular flexibility index (Phi) is 4.54. The van der Waals surface area contributed by atoms with Gasteiger partial charge in [-0.2, -0.15) is 0 Å². The van der Waals surface area contributed by atoms with Crippen molar-refractivity contribution in [2.45, 2.75) is 43.2 Å². The van der Waals surface area contributed by atoms with Crippen molar-refractivity contribution in [3.63, 3.8) is 0 Å². The Bertz CT molecular complexity index is 540. The third kappa shape index (κ3) is 3.52. The van der Waals surface area contributed by atoms with Crippen molar-refractivity contribution in [2.75, 3.05) is 7.05 Å². The fourth-order valence-corrected chi connectivity index (χ4v) is 3.83. The summed E-state index contributed by atoms with van der Waals surface area (Å²) in [5, 5.41) is 2.92. The highest BCUT2D eigenvalue weighted by molar-refractivity contribution is 7.89. The van der Waals surface area contributed by atoms with Crippen molar-refractivity contribution in [3.05, 3.63) is 29.6 Å². The Balaban J connectivity index is 2.25. The number of rotatable bonds is 5. The fraction of sp³-hybridized carbons (Fsp3) is 0.538. The molecule has 0 amide bonds. The number of sulfonamides is 1. The summed E-state index contributed by atoms with van der Waals surface area (Å²) in [6, 6.07) is 4.12. The Labute approximate surface area is 113 Å². The molecule has 0 unspecified atom stereocenters. The molecule has 1 aromatic carbocycles. The summed E-state index contributed by atoms with van der Waals surface area (Å²) in [5.74, 6) is -0.703. The van der Waals surface area contributed by atoms with Crippen molar-refractivity contribution in [1.29, 1.82) is 0 Å². The lowest BCUT2D eigenvalue weighted by Gasteiger charge is -2.13. The highest BCUT2D eigenvalue weighted by atomic mass is 32.2. The van der Waals surface area contributed by atoms with Gasteiger partial charge < -0.3 is 5.32 Å². The Morgan fingerprint density at radius 2 is 2.00 bits per heavy atom. The summed E-state index contributed by atoms with van der Waals surface area (Å²) in [6.07, 6.45) is 3.71. The topological polar surface area (TPSA) is 58.2 Å². The molecule has 106 valence electrons. The van der Waals surface area contributed by atoms with Crippen molar-refractivity contribution < 1.29 is 12.8 Å². The van der Waals surface area contributed by atoms with Gasteiger partial charge in [-0.15, -0.1) is 0 Å². The molecule has 2 N–H and O–H groups in total. The van der Waals surface area contributed by atoms with Gasteiger partial charge in [-0.05, 0) is 37.6 Å². The largest absolute Gasteiger partial charge is 0.316 e. The second-order valence-corrected chi connectivity index (χ2v) is 6.58. The predicted octanol–water partition coefficient (Wildman–Crippen LogP) is 1.77. The number of hydrogen-bond acceptors (Lipinski definition) is 3. The van der Waals surface area contributed by atoms with E-state index in [1.807, 2.05) is 0 Å². The first-order valence-corrected chi connectivity index (χ1v) is 7.96. The van der Waals surface area contributed by atoms with E-state index in [2.05, 4.69) is 10.0 Å². The maximum Gasteiger partial charge on any atom is 0.243 e. The summed E-state index contributed by atoms with van der Waals surface area (Å²) in [4.78, 5) is -0.257. The normalized spacial score (nSPS) is 16.9. The average Bonchev–Trinajstić information content (AvgIpc) is 2.84. The van der Waals surface area contributed by atoms with E-state index in [-0.39, 0.29) is 10.9 Å². The third-order valence-electron chi connectivity index (χ3n) is 3.34. The van der Waals surface area contributed by atoms with Crippen LogP contribution in [0.2, 0.25) is 0 Å². The van der Waals surface area contributed by atoms with Crippen molar-refractivity contribution in [1.82, 2.24) is 10.0 Å². The molecule has 1 saturated carbocycles. The standard InChI is InChI=1S/C13H19FN2O2S/c1-15-9-10-6-7-12(14)13(8-10)19(17,18)16-11-4-2-3-5-11/h6-8,11,15-16H,2-5,9H2,1H3. The van der Waals surface area contributed by atoms with Crippen LogP contribution in [0.4, 0.5) is 4.39 Å². The van der Waals surface area contributed by atoms with Gasteiger partial charge in [0.05, 0.1) is 0 Å². The van der Waals surface area contributed by atoms with E-state index >= 15 is 0 Å². The minimum Gasteiger partial charge on any atom is -0.316 e. The molecule has 0 heterocycles. The number of halogens is 1. The zero-order chi connectivity index (χ0) is 13.9. The van der Waals surface area contributed by atoms with E-state index in [1.54, 1.807) is 13.1 Å². The lowest BCUT2D eigenvalue weighted by molar-refractivity contribution is 0.536. The lowest BCUT2D eigenvalue weighted by Crippen LogP contribution is -2.33. The van der Waals surface area contributed by atoms with E-state index in [4.69, 9.17) is 0 Å². The van der Waals surface area contributed by atoms with Gasteiger partial charge >= 0.3 is 0 Å². The lowest BCUT2D eigenvalue weighted by atomic mass is 10.2. The molecule has 4 nitrogen and oxygen atoms in total. The van der Waals surface area contributed by atoms with Gasteiger partial charge in [0.1, 0.15) is 10.7 Å². The van der Waals surface area contributed by atoms with Gasteiger partial charge in [0.15, 0.2) is 0 Å². The van der Waals surface area contributed by atoms with Gasteiger partial charge in [-0.3, -0.25) is 0 Å². The second kappa shape index (κ2) is 5.98. The third-order valence-corrected chi connectivity index (χ3v) is 4.88. The van der Waals surface area contributed by atoms with Crippen molar-refractivity contribution in [2.24, 2.45) is 0 Å². The molecule has 0 bridgehead atoms. The maximum absolute atomic E-state index is 13.7. The molecular formula is C13H19FN2O2S. The van der Waals surface area contributed by atoms with Gasteiger partial charge in [0.25, 0.3) is 0 Å². The van der Waals surface area contributed by atoms with Crippen LogP contribution in [0.25, 0.3) is 0 Å². The number of hydrogen-bond donors (Lipinski definition) is 2. The minimum absolute atomic E-state index is 0.0580. The second-order valence-electron chi connectivity index (χ2n) is 4.90. The van der Waals surface area contributed by atoms with Gasteiger partial charge in [0.2, 0.25) is 10.0 Å². The first-order chi connectivity index (χ1) is 9.03. The molecule has 1 aliphatic rings. The van der Waals surface area contributed by atoms with Crippen LogP contribution in [0, 0.1) is 5.82 Å². The van der Waals surface area contributed by atoms with Crippen LogP contribution in [-0.4, -0.2) is 21.5 Å².